The van der Waals surface area contributed by atoms with Gasteiger partial charge in [-0.05, 0) is 107 Å². The first-order valence-corrected chi connectivity index (χ1v) is 22.1. The average molecular weight is 823 g/mol. The van der Waals surface area contributed by atoms with Gasteiger partial charge in [0.2, 0.25) is 0 Å². The van der Waals surface area contributed by atoms with Gasteiger partial charge in [-0.3, -0.25) is 0 Å². The quantitative estimate of drug-likeness (QED) is 0.212. The number of carbonyl (C=O) groups is 1. The molecule has 0 aromatic carbocycles. The van der Waals surface area contributed by atoms with E-state index in [0.29, 0.717) is 44.6 Å². The summed E-state index contributed by atoms with van der Waals surface area (Å²) in [5.74, 6) is 0.109. The summed E-state index contributed by atoms with van der Waals surface area (Å²) in [6, 6.07) is 0. The van der Waals surface area contributed by atoms with Crippen LogP contribution >= 0.6 is 0 Å². The van der Waals surface area contributed by atoms with Crippen LogP contribution in [0, 0.1) is 34.5 Å². The van der Waals surface area contributed by atoms with E-state index in [1.54, 1.807) is 27.4 Å². The highest BCUT2D eigenvalue weighted by molar-refractivity contribution is 5.85. The minimum absolute atomic E-state index is 0.00629. The Bertz CT molecular complexity index is 1500. The zero-order valence-electron chi connectivity index (χ0n) is 35.8. The molecule has 4 aliphatic carbocycles. The SMILES string of the molecule is CO[C@H]1C[C@H](O[C@@H]2[C@@H](C)O[C@@H](O[C@@H]3[C@@H](C)O[C@@H](O[C@H]4CC[C@@]5(C)[C@H](CC[C@H]6[C@@H]5[C@H](O)C[C@]5(C)[C@@H](C7=CC(=O)OC7)CC[C@]65O)C4)C[C@H]3OC)C[C@H]2OC)O[C@H](C)[C@H]1O. The molecule has 3 N–H and O–H groups in total. The van der Waals surface area contributed by atoms with E-state index >= 15 is 0 Å². The molecule has 0 spiro atoms. The Hall–Kier alpha value is -1.27. The molecule has 0 aromatic rings. The zero-order chi connectivity index (χ0) is 41.3. The molecule has 0 aromatic heterocycles. The number of ether oxygens (including phenoxy) is 10. The highest BCUT2D eigenvalue weighted by atomic mass is 16.7. The van der Waals surface area contributed by atoms with Crippen molar-refractivity contribution in [1.29, 1.82) is 0 Å². The van der Waals surface area contributed by atoms with E-state index < -0.39 is 60.4 Å². The number of rotatable bonds is 10. The maximum Gasteiger partial charge on any atom is 0.331 e. The molecule has 58 heavy (non-hydrogen) atoms. The van der Waals surface area contributed by atoms with Gasteiger partial charge in [-0.2, -0.15) is 0 Å². The molecule has 0 radical (unpaired) electrons. The van der Waals surface area contributed by atoms with Gasteiger partial charge in [0.25, 0.3) is 0 Å². The van der Waals surface area contributed by atoms with Gasteiger partial charge >= 0.3 is 5.97 Å². The fourth-order valence-corrected chi connectivity index (χ4v) is 13.5. The van der Waals surface area contributed by atoms with Crippen molar-refractivity contribution in [3.05, 3.63) is 11.6 Å². The lowest BCUT2D eigenvalue weighted by Crippen LogP contribution is -2.66. The molecule has 8 aliphatic rings. The summed E-state index contributed by atoms with van der Waals surface area (Å²) in [7, 11) is 4.93. The second-order valence-electron chi connectivity index (χ2n) is 19.5. The van der Waals surface area contributed by atoms with Crippen LogP contribution in [0.25, 0.3) is 0 Å². The Morgan fingerprint density at radius 2 is 1.31 bits per heavy atom. The summed E-state index contributed by atoms with van der Waals surface area (Å²) in [6.45, 7) is 10.5. The first-order valence-electron chi connectivity index (χ1n) is 22.1. The highest BCUT2D eigenvalue weighted by Gasteiger charge is 2.70. The van der Waals surface area contributed by atoms with E-state index in [9.17, 15) is 20.1 Å². The number of fused-ring (bicyclic) bond motifs is 5. The number of aliphatic hydroxyl groups is 3. The fraction of sp³-hybridized carbons (Fsp3) is 0.932. The van der Waals surface area contributed by atoms with Gasteiger partial charge < -0.3 is 62.7 Å². The van der Waals surface area contributed by atoms with E-state index in [1.807, 2.05) is 20.8 Å². The van der Waals surface area contributed by atoms with Crippen molar-refractivity contribution < 1.29 is 67.5 Å². The summed E-state index contributed by atoms with van der Waals surface area (Å²) in [5.41, 5.74) is -0.535. The summed E-state index contributed by atoms with van der Waals surface area (Å²) in [4.78, 5) is 12.0. The Kier molecular flexibility index (Phi) is 12.6. The number of cyclic esters (lactones) is 1. The number of carbonyl (C=O) groups excluding carboxylic acids is 1. The van der Waals surface area contributed by atoms with Crippen molar-refractivity contribution in [3.8, 4) is 0 Å². The zero-order valence-corrected chi connectivity index (χ0v) is 35.8. The number of methoxy groups -OCH3 is 3. The second kappa shape index (κ2) is 16.8. The van der Waals surface area contributed by atoms with Crippen molar-refractivity contribution in [3.63, 3.8) is 0 Å². The van der Waals surface area contributed by atoms with E-state index in [4.69, 9.17) is 47.4 Å². The van der Waals surface area contributed by atoms with Crippen LogP contribution < -0.4 is 0 Å². The molecule has 7 fully saturated rings. The summed E-state index contributed by atoms with van der Waals surface area (Å²) < 4.78 is 61.3. The van der Waals surface area contributed by atoms with Crippen molar-refractivity contribution in [2.24, 2.45) is 34.5 Å². The molecule has 0 bridgehead atoms. The smallest absolute Gasteiger partial charge is 0.331 e. The van der Waals surface area contributed by atoms with Crippen LogP contribution in [0.5, 0.6) is 0 Å². The number of aliphatic hydroxyl groups excluding tert-OH is 2. The third kappa shape index (κ3) is 7.54. The van der Waals surface area contributed by atoms with Crippen molar-refractivity contribution in [2.45, 2.75) is 197 Å². The molecule has 3 saturated heterocycles. The molecule has 14 nitrogen and oxygen atoms in total. The number of hydrogen-bond acceptors (Lipinski definition) is 14. The summed E-state index contributed by atoms with van der Waals surface area (Å²) in [5, 5.41) is 35.1. The summed E-state index contributed by atoms with van der Waals surface area (Å²) >= 11 is 0. The second-order valence-corrected chi connectivity index (χ2v) is 19.5. The topological polar surface area (TPSA) is 170 Å². The molecule has 14 heteroatoms. The Balaban J connectivity index is 0.857. The predicted molar refractivity (Wildman–Crippen MR) is 207 cm³/mol. The minimum Gasteiger partial charge on any atom is -0.458 e. The van der Waals surface area contributed by atoms with Crippen LogP contribution in [-0.4, -0.2) is 141 Å². The molecule has 8 rings (SSSR count). The average Bonchev–Trinajstić information content (AvgIpc) is 3.73. The molecule has 4 heterocycles. The van der Waals surface area contributed by atoms with Gasteiger partial charge in [-0.25, -0.2) is 4.79 Å². The lowest BCUT2D eigenvalue weighted by Gasteiger charge is -2.65. The minimum atomic E-state index is -0.891. The van der Waals surface area contributed by atoms with Gasteiger partial charge in [0.05, 0.1) is 54.4 Å². The molecular weight excluding hydrogens is 752 g/mol. The predicted octanol–water partition coefficient (Wildman–Crippen LogP) is 4.18. The van der Waals surface area contributed by atoms with Crippen LogP contribution in [-0.2, 0) is 52.2 Å². The lowest BCUT2D eigenvalue weighted by atomic mass is 9.42. The van der Waals surface area contributed by atoms with E-state index in [1.165, 1.54) is 0 Å². The molecule has 330 valence electrons. The maximum atomic E-state index is 12.6. The Morgan fingerprint density at radius 3 is 1.90 bits per heavy atom. The largest absolute Gasteiger partial charge is 0.458 e. The number of esters is 1. The normalized spacial score (nSPS) is 53.3. The highest BCUT2D eigenvalue weighted by Crippen LogP contribution is 2.70. The molecule has 4 aliphatic heterocycles. The molecule has 4 saturated carbocycles. The van der Waals surface area contributed by atoms with Crippen molar-refractivity contribution in [2.75, 3.05) is 27.9 Å². The Morgan fingerprint density at radius 1 is 0.724 bits per heavy atom. The van der Waals surface area contributed by atoms with Crippen LogP contribution in [0.4, 0.5) is 0 Å². The monoisotopic (exact) mass is 822 g/mol. The molecule has 0 unspecified atom stereocenters. The first-order chi connectivity index (χ1) is 27.6. The Labute approximate surface area is 343 Å². The van der Waals surface area contributed by atoms with Gasteiger partial charge in [0, 0.05) is 52.1 Å². The van der Waals surface area contributed by atoms with Crippen molar-refractivity contribution >= 4 is 5.97 Å². The lowest BCUT2D eigenvalue weighted by molar-refractivity contribution is -0.339. The first kappa shape index (κ1) is 43.4. The number of hydrogen-bond donors (Lipinski definition) is 3. The van der Waals surface area contributed by atoms with Crippen molar-refractivity contribution in [1.82, 2.24) is 0 Å². The third-order valence-electron chi connectivity index (χ3n) is 16.6. The van der Waals surface area contributed by atoms with Crippen LogP contribution in [0.3, 0.4) is 0 Å². The molecular formula is C44H70O14. The molecule has 0 amide bonds. The fourth-order valence-electron chi connectivity index (χ4n) is 13.5. The maximum absolute atomic E-state index is 12.6. The van der Waals surface area contributed by atoms with Gasteiger partial charge in [-0.1, -0.05) is 13.8 Å². The van der Waals surface area contributed by atoms with E-state index in [2.05, 4.69) is 13.8 Å². The molecule has 21 atom stereocenters. The van der Waals surface area contributed by atoms with Crippen LogP contribution in [0.1, 0.15) is 105 Å². The third-order valence-corrected chi connectivity index (χ3v) is 16.6. The summed E-state index contributed by atoms with van der Waals surface area (Å²) in [6.07, 6.45) is 3.72. The van der Waals surface area contributed by atoms with Gasteiger partial charge in [-0.15, -0.1) is 0 Å². The van der Waals surface area contributed by atoms with E-state index in [0.717, 1.165) is 44.1 Å². The standard InChI is InChI=1S/C44H70O14/c1-22-39(47)31(49-6)17-36(53-22)57-41-24(3)55-37(19-33(41)51-8)58-40-23(2)54-35(18-32(40)50-7)56-27-11-13-42(4)26(16-27)9-10-29-38(42)30(45)20-43(5)28(12-14-44(29,43)48)25-15-34(46)52-21-25/h15,22-24,26-33,35-41,45,47-48H,9-14,16-21H2,1-8H3/t22-,23-,24-,26-,27+,28-,29+,30-,31+,32-,33-,35+,36+,37+,38-,39-,40-,41-,42+,43-,44+/m1/s1. The van der Waals surface area contributed by atoms with E-state index in [-0.39, 0.29) is 65.8 Å². The van der Waals surface area contributed by atoms with Gasteiger partial charge in [0.1, 0.15) is 24.9 Å². The van der Waals surface area contributed by atoms with Crippen LogP contribution in [0.2, 0.25) is 0 Å². The van der Waals surface area contributed by atoms with Crippen LogP contribution in [0.15, 0.2) is 11.6 Å². The van der Waals surface area contributed by atoms with Gasteiger partial charge in [0.15, 0.2) is 18.9 Å².